The van der Waals surface area contributed by atoms with E-state index in [2.05, 4.69) is 10.6 Å². The molecule has 28 heavy (non-hydrogen) atoms. The van der Waals surface area contributed by atoms with Gasteiger partial charge in [-0.05, 0) is 36.1 Å². The number of carbonyl (C=O) groups excluding carboxylic acids is 3. The standard InChI is InChI=1S/C22H25N3O3/c1-15(17-10-6-8-16-7-2-3-9-18(16)17)23-19(26)11-14-25-20(27)22(24-21(25)28)12-4-5-13-22/h2-3,6-10,15H,4-5,11-14H2,1H3,(H,23,26)(H,24,28). The minimum absolute atomic E-state index is 0.102. The lowest BCUT2D eigenvalue weighted by atomic mass is 9.98. The van der Waals surface area contributed by atoms with Crippen molar-refractivity contribution in [1.82, 2.24) is 15.5 Å². The van der Waals surface area contributed by atoms with E-state index in [1.54, 1.807) is 0 Å². The van der Waals surface area contributed by atoms with Crippen LogP contribution in [0.25, 0.3) is 10.8 Å². The molecule has 2 aliphatic rings. The Morgan fingerprint density at radius 1 is 1.14 bits per heavy atom. The van der Waals surface area contributed by atoms with Gasteiger partial charge in [-0.15, -0.1) is 0 Å². The Bertz CT molecular complexity index is 928. The van der Waals surface area contributed by atoms with Gasteiger partial charge >= 0.3 is 6.03 Å². The maximum Gasteiger partial charge on any atom is 0.325 e. The summed E-state index contributed by atoms with van der Waals surface area (Å²) in [7, 11) is 0. The van der Waals surface area contributed by atoms with Gasteiger partial charge in [0.1, 0.15) is 5.54 Å². The lowest BCUT2D eigenvalue weighted by molar-refractivity contribution is -0.131. The van der Waals surface area contributed by atoms with Crippen molar-refractivity contribution < 1.29 is 14.4 Å². The maximum atomic E-state index is 12.7. The summed E-state index contributed by atoms with van der Waals surface area (Å²) in [6.45, 7) is 2.06. The van der Waals surface area contributed by atoms with Crippen LogP contribution in [0.3, 0.4) is 0 Å². The highest BCUT2D eigenvalue weighted by molar-refractivity contribution is 6.07. The quantitative estimate of drug-likeness (QED) is 0.783. The Kier molecular flexibility index (Phi) is 4.79. The third-order valence-electron chi connectivity index (χ3n) is 5.93. The molecule has 1 heterocycles. The number of benzene rings is 2. The fourth-order valence-corrected chi connectivity index (χ4v) is 4.43. The molecule has 1 saturated heterocycles. The van der Waals surface area contributed by atoms with E-state index in [0.717, 1.165) is 29.2 Å². The Morgan fingerprint density at radius 3 is 2.64 bits per heavy atom. The van der Waals surface area contributed by atoms with Crippen LogP contribution in [0.2, 0.25) is 0 Å². The first kappa shape index (κ1) is 18.5. The number of carbonyl (C=O) groups is 3. The van der Waals surface area contributed by atoms with Crippen molar-refractivity contribution >= 4 is 28.6 Å². The summed E-state index contributed by atoms with van der Waals surface area (Å²) in [6.07, 6.45) is 3.38. The zero-order chi connectivity index (χ0) is 19.7. The number of nitrogens with one attached hydrogen (secondary N) is 2. The minimum atomic E-state index is -0.718. The summed E-state index contributed by atoms with van der Waals surface area (Å²) in [5.41, 5.74) is 0.329. The smallest absolute Gasteiger partial charge is 0.325 e. The fourth-order valence-electron chi connectivity index (χ4n) is 4.43. The molecule has 1 aliphatic heterocycles. The maximum absolute atomic E-state index is 12.7. The van der Waals surface area contributed by atoms with Gasteiger partial charge in [0.25, 0.3) is 5.91 Å². The van der Waals surface area contributed by atoms with Crippen molar-refractivity contribution in [2.24, 2.45) is 0 Å². The van der Waals surface area contributed by atoms with Gasteiger partial charge in [0.15, 0.2) is 0 Å². The number of urea groups is 1. The Morgan fingerprint density at radius 2 is 1.86 bits per heavy atom. The number of hydrogen-bond donors (Lipinski definition) is 2. The highest BCUT2D eigenvalue weighted by Gasteiger charge is 2.52. The number of hydrogen-bond acceptors (Lipinski definition) is 3. The van der Waals surface area contributed by atoms with E-state index in [4.69, 9.17) is 0 Å². The van der Waals surface area contributed by atoms with Gasteiger partial charge in [0.2, 0.25) is 5.91 Å². The van der Waals surface area contributed by atoms with Gasteiger partial charge in [-0.2, -0.15) is 0 Å². The molecule has 0 radical (unpaired) electrons. The second-order valence-electron chi connectivity index (χ2n) is 7.78. The molecule has 2 N–H and O–H groups in total. The van der Waals surface area contributed by atoms with Gasteiger partial charge in [0.05, 0.1) is 6.04 Å². The monoisotopic (exact) mass is 379 g/mol. The Hall–Kier alpha value is -2.89. The van der Waals surface area contributed by atoms with Crippen molar-refractivity contribution in [3.05, 3.63) is 48.0 Å². The molecule has 146 valence electrons. The van der Waals surface area contributed by atoms with E-state index in [1.165, 1.54) is 4.90 Å². The number of imide groups is 1. The SMILES string of the molecule is CC(NC(=O)CCN1C(=O)NC2(CCCC2)C1=O)c1cccc2ccccc12. The first-order chi connectivity index (χ1) is 13.5. The Balaban J connectivity index is 1.38. The largest absolute Gasteiger partial charge is 0.350 e. The van der Waals surface area contributed by atoms with Gasteiger partial charge in [0, 0.05) is 13.0 Å². The molecular formula is C22H25N3O3. The van der Waals surface area contributed by atoms with Crippen LogP contribution in [0.4, 0.5) is 4.79 Å². The van der Waals surface area contributed by atoms with Crippen LogP contribution in [0.15, 0.2) is 42.5 Å². The Labute approximate surface area is 164 Å². The van der Waals surface area contributed by atoms with Crippen LogP contribution in [-0.2, 0) is 9.59 Å². The number of nitrogens with zero attached hydrogens (tertiary/aromatic N) is 1. The van der Waals surface area contributed by atoms with Crippen LogP contribution < -0.4 is 10.6 Å². The molecule has 1 atom stereocenters. The summed E-state index contributed by atoms with van der Waals surface area (Å²) >= 11 is 0. The van der Waals surface area contributed by atoms with Crippen molar-refractivity contribution in [3.63, 3.8) is 0 Å². The molecule has 1 spiro atoms. The average Bonchev–Trinajstić information content (AvgIpc) is 3.25. The number of amides is 4. The molecule has 2 fully saturated rings. The second kappa shape index (κ2) is 7.26. The van der Waals surface area contributed by atoms with Crippen molar-refractivity contribution in [2.75, 3.05) is 6.54 Å². The fraction of sp³-hybridized carbons (Fsp3) is 0.409. The molecule has 6 heteroatoms. The number of fused-ring (bicyclic) bond motifs is 1. The average molecular weight is 379 g/mol. The van der Waals surface area contributed by atoms with Crippen LogP contribution in [0, 0.1) is 0 Å². The molecule has 1 aliphatic carbocycles. The predicted molar refractivity (Wildman–Crippen MR) is 107 cm³/mol. The predicted octanol–water partition coefficient (Wildman–Crippen LogP) is 3.27. The van der Waals surface area contributed by atoms with Crippen LogP contribution in [0.5, 0.6) is 0 Å². The second-order valence-corrected chi connectivity index (χ2v) is 7.78. The first-order valence-electron chi connectivity index (χ1n) is 9.91. The molecule has 4 rings (SSSR count). The van der Waals surface area contributed by atoms with Crippen molar-refractivity contribution in [2.45, 2.75) is 50.6 Å². The van der Waals surface area contributed by atoms with Crippen LogP contribution >= 0.6 is 0 Å². The van der Waals surface area contributed by atoms with E-state index < -0.39 is 5.54 Å². The third kappa shape index (κ3) is 3.23. The van der Waals surface area contributed by atoms with Crippen molar-refractivity contribution in [3.8, 4) is 0 Å². The zero-order valence-electron chi connectivity index (χ0n) is 16.0. The molecule has 0 bridgehead atoms. The van der Waals surface area contributed by atoms with Gasteiger partial charge in [-0.1, -0.05) is 55.3 Å². The highest BCUT2D eigenvalue weighted by atomic mass is 16.2. The van der Waals surface area contributed by atoms with Gasteiger partial charge < -0.3 is 10.6 Å². The first-order valence-corrected chi connectivity index (χ1v) is 9.91. The highest BCUT2D eigenvalue weighted by Crippen LogP contribution is 2.35. The molecular weight excluding hydrogens is 354 g/mol. The van der Waals surface area contributed by atoms with Gasteiger partial charge in [-0.3, -0.25) is 14.5 Å². The van der Waals surface area contributed by atoms with E-state index >= 15 is 0 Å². The summed E-state index contributed by atoms with van der Waals surface area (Å²) < 4.78 is 0. The van der Waals surface area contributed by atoms with Gasteiger partial charge in [-0.25, -0.2) is 4.79 Å². The summed E-state index contributed by atoms with van der Waals surface area (Å²) in [5.74, 6) is -0.349. The lowest BCUT2D eigenvalue weighted by Crippen LogP contribution is -2.44. The minimum Gasteiger partial charge on any atom is -0.350 e. The van der Waals surface area contributed by atoms with Crippen LogP contribution in [0.1, 0.15) is 50.6 Å². The molecule has 1 saturated carbocycles. The van der Waals surface area contributed by atoms with E-state index in [0.29, 0.717) is 12.8 Å². The van der Waals surface area contributed by atoms with E-state index in [9.17, 15) is 14.4 Å². The summed E-state index contributed by atoms with van der Waals surface area (Å²) in [6, 6.07) is 13.6. The van der Waals surface area contributed by atoms with Crippen LogP contribution in [-0.4, -0.2) is 34.8 Å². The molecule has 2 aromatic carbocycles. The summed E-state index contributed by atoms with van der Waals surface area (Å²) in [4.78, 5) is 38.5. The number of rotatable bonds is 5. The summed E-state index contributed by atoms with van der Waals surface area (Å²) in [5, 5.41) is 8.07. The molecule has 2 aromatic rings. The normalized spacial score (nSPS) is 19.2. The lowest BCUT2D eigenvalue weighted by Gasteiger charge is -2.20. The molecule has 6 nitrogen and oxygen atoms in total. The third-order valence-corrected chi connectivity index (χ3v) is 5.93. The molecule has 1 unspecified atom stereocenters. The van der Waals surface area contributed by atoms with E-state index in [1.807, 2.05) is 49.4 Å². The molecule has 0 aromatic heterocycles. The zero-order valence-corrected chi connectivity index (χ0v) is 16.0. The van der Waals surface area contributed by atoms with E-state index in [-0.39, 0.29) is 36.9 Å². The molecule has 4 amide bonds. The van der Waals surface area contributed by atoms with Crippen molar-refractivity contribution in [1.29, 1.82) is 0 Å². The topological polar surface area (TPSA) is 78.5 Å².